The van der Waals surface area contributed by atoms with E-state index in [9.17, 15) is 18.3 Å². The number of rotatable bonds is 3. The average molecular weight is 308 g/mol. The lowest BCUT2D eigenvalue weighted by Crippen LogP contribution is -2.30. The summed E-state index contributed by atoms with van der Waals surface area (Å²) in [5, 5.41) is 16.6. The predicted molar refractivity (Wildman–Crippen MR) is 74.9 cm³/mol. The number of aromatic nitrogens is 2. The van der Waals surface area contributed by atoms with Crippen molar-refractivity contribution in [1.82, 2.24) is 14.9 Å². The van der Waals surface area contributed by atoms with E-state index in [-0.39, 0.29) is 18.0 Å². The summed E-state index contributed by atoms with van der Waals surface area (Å²) in [6.45, 7) is -0.0511. The number of aromatic hydroxyl groups is 1. The van der Waals surface area contributed by atoms with Crippen molar-refractivity contribution in [3.05, 3.63) is 30.6 Å². The summed E-state index contributed by atoms with van der Waals surface area (Å²) >= 11 is 0. The molecule has 1 saturated heterocycles. The van der Waals surface area contributed by atoms with Crippen molar-refractivity contribution in [2.45, 2.75) is 6.04 Å². The average Bonchev–Trinajstić information content (AvgIpc) is 3.06. The van der Waals surface area contributed by atoms with E-state index in [0.29, 0.717) is 11.8 Å². The highest BCUT2D eigenvalue weighted by Gasteiger charge is 2.36. The Balaban J connectivity index is 1.99. The summed E-state index contributed by atoms with van der Waals surface area (Å²) in [6, 6.07) is 3.79. The van der Waals surface area contributed by atoms with Gasteiger partial charge >= 0.3 is 10.2 Å². The minimum Gasteiger partial charge on any atom is -0.506 e. The lowest BCUT2D eigenvalue weighted by atomic mass is 10.1. The molecule has 3 rings (SSSR count). The van der Waals surface area contributed by atoms with Crippen LogP contribution in [0.5, 0.6) is 5.75 Å². The van der Waals surface area contributed by atoms with E-state index in [2.05, 4.69) is 14.9 Å². The van der Waals surface area contributed by atoms with E-state index >= 15 is 0 Å². The largest absolute Gasteiger partial charge is 0.506 e. The highest BCUT2D eigenvalue weighted by Crippen LogP contribution is 2.34. The van der Waals surface area contributed by atoms with Crippen molar-refractivity contribution in [2.75, 3.05) is 10.8 Å². The molecule has 21 heavy (non-hydrogen) atoms. The smallest absolute Gasteiger partial charge is 0.302 e. The molecule has 1 fully saturated rings. The van der Waals surface area contributed by atoms with Crippen LogP contribution in [0.15, 0.2) is 30.6 Å². The fraction of sp³-hybridized carbons (Fsp3) is 0.167. The molecule has 2 heterocycles. The fourth-order valence-corrected chi connectivity index (χ4v) is 3.60. The molecule has 1 unspecified atom stereocenters. The molecular formula is C12H12N4O4S. The van der Waals surface area contributed by atoms with E-state index in [1.165, 1.54) is 12.1 Å². The normalized spacial score (nSPS) is 20.6. The number of aldehydes is 1. The zero-order chi connectivity index (χ0) is 15.0. The van der Waals surface area contributed by atoms with Crippen LogP contribution in [0.3, 0.4) is 0 Å². The molecule has 0 saturated carbocycles. The molecular weight excluding hydrogens is 296 g/mol. The predicted octanol–water partition coefficient (Wildman–Crippen LogP) is 0.00420. The van der Waals surface area contributed by atoms with Crippen molar-refractivity contribution >= 4 is 22.2 Å². The Morgan fingerprint density at radius 3 is 2.76 bits per heavy atom. The highest BCUT2D eigenvalue weighted by molar-refractivity contribution is 7.91. The number of hydrogen-bond donors (Lipinski definition) is 3. The molecule has 3 N–H and O–H groups in total. The number of phenolic OH excluding ortho intramolecular Hbond substituents is 1. The van der Waals surface area contributed by atoms with Gasteiger partial charge in [0.1, 0.15) is 12.0 Å². The summed E-state index contributed by atoms with van der Waals surface area (Å²) in [6.07, 6.45) is 3.77. The Hall–Kier alpha value is -2.39. The van der Waals surface area contributed by atoms with Gasteiger partial charge in [-0.25, -0.2) is 0 Å². The third-order valence-corrected chi connectivity index (χ3v) is 4.72. The van der Waals surface area contributed by atoms with E-state index in [1.54, 1.807) is 18.5 Å². The van der Waals surface area contributed by atoms with Gasteiger partial charge in [-0.3, -0.25) is 9.40 Å². The van der Waals surface area contributed by atoms with E-state index in [0.717, 1.165) is 9.87 Å². The summed E-state index contributed by atoms with van der Waals surface area (Å²) in [4.78, 5) is 10.7. The fourth-order valence-electron chi connectivity index (χ4n) is 2.19. The monoisotopic (exact) mass is 308 g/mol. The van der Waals surface area contributed by atoms with Crippen molar-refractivity contribution in [1.29, 1.82) is 0 Å². The van der Waals surface area contributed by atoms with Gasteiger partial charge in [0.05, 0.1) is 24.5 Å². The number of nitrogens with zero attached hydrogens (tertiary/aromatic N) is 2. The number of nitrogens with one attached hydrogen (secondary N) is 2. The van der Waals surface area contributed by atoms with Gasteiger partial charge in [0.25, 0.3) is 0 Å². The Labute approximate surface area is 120 Å². The lowest BCUT2D eigenvalue weighted by molar-refractivity contribution is -0.108. The van der Waals surface area contributed by atoms with Crippen LogP contribution < -0.4 is 9.03 Å². The number of phenols is 1. The van der Waals surface area contributed by atoms with Crippen molar-refractivity contribution in [3.63, 3.8) is 0 Å². The van der Waals surface area contributed by atoms with Gasteiger partial charge in [0, 0.05) is 11.8 Å². The topological polar surface area (TPSA) is 115 Å². The minimum atomic E-state index is -3.82. The van der Waals surface area contributed by atoms with Crippen LogP contribution in [-0.4, -0.2) is 42.6 Å². The minimum absolute atomic E-state index is 0.0511. The van der Waals surface area contributed by atoms with E-state index in [4.69, 9.17) is 0 Å². The molecule has 1 aromatic heterocycles. The van der Waals surface area contributed by atoms with Crippen LogP contribution in [0.1, 0.15) is 0 Å². The summed E-state index contributed by atoms with van der Waals surface area (Å²) in [7, 11) is -3.82. The second-order valence-corrected chi connectivity index (χ2v) is 6.21. The second kappa shape index (κ2) is 4.86. The van der Waals surface area contributed by atoms with Crippen LogP contribution in [-0.2, 0) is 15.0 Å². The lowest BCUT2D eigenvalue weighted by Gasteiger charge is -2.17. The Bertz CT molecular complexity index is 773. The van der Waals surface area contributed by atoms with Gasteiger partial charge in [-0.05, 0) is 17.7 Å². The van der Waals surface area contributed by atoms with E-state index in [1.807, 2.05) is 0 Å². The first-order valence-electron chi connectivity index (χ1n) is 6.09. The van der Waals surface area contributed by atoms with Gasteiger partial charge in [0.15, 0.2) is 0 Å². The number of anilines is 1. The maximum Gasteiger partial charge on any atom is 0.302 e. The van der Waals surface area contributed by atoms with Gasteiger partial charge < -0.3 is 9.90 Å². The standard InChI is InChI=1S/C12H12N4O4S/c17-7-10-6-16(21(19,20)15-10)11-2-1-8(3-12(11)18)9-4-13-14-5-9/h1-5,7,10,15,18H,6H2,(H,13,14). The molecule has 0 aliphatic carbocycles. The van der Waals surface area contributed by atoms with Gasteiger partial charge in [0.2, 0.25) is 0 Å². The van der Waals surface area contributed by atoms with Crippen LogP contribution >= 0.6 is 0 Å². The third kappa shape index (κ3) is 2.36. The zero-order valence-electron chi connectivity index (χ0n) is 10.7. The molecule has 0 amide bonds. The van der Waals surface area contributed by atoms with E-state index < -0.39 is 16.3 Å². The number of benzene rings is 1. The van der Waals surface area contributed by atoms with Gasteiger partial charge in [-0.1, -0.05) is 6.07 Å². The summed E-state index contributed by atoms with van der Waals surface area (Å²) < 4.78 is 27.0. The molecule has 1 atom stereocenters. The van der Waals surface area contributed by atoms with Crippen LogP contribution in [0.2, 0.25) is 0 Å². The van der Waals surface area contributed by atoms with Crippen molar-refractivity contribution in [3.8, 4) is 16.9 Å². The summed E-state index contributed by atoms with van der Waals surface area (Å²) in [5.41, 5.74) is 1.59. The van der Waals surface area contributed by atoms with Gasteiger partial charge in [-0.15, -0.1) is 0 Å². The zero-order valence-corrected chi connectivity index (χ0v) is 11.5. The molecule has 0 radical (unpaired) electrons. The first kappa shape index (κ1) is 13.6. The molecule has 0 bridgehead atoms. The molecule has 1 aromatic carbocycles. The first-order chi connectivity index (χ1) is 10.0. The van der Waals surface area contributed by atoms with Crippen LogP contribution in [0.25, 0.3) is 11.1 Å². The molecule has 9 heteroatoms. The number of hydrogen-bond acceptors (Lipinski definition) is 5. The Kier molecular flexibility index (Phi) is 3.15. The number of carbonyl (C=O) groups is 1. The van der Waals surface area contributed by atoms with Crippen LogP contribution in [0.4, 0.5) is 5.69 Å². The summed E-state index contributed by atoms with van der Waals surface area (Å²) in [5.74, 6) is -0.189. The maximum absolute atomic E-state index is 11.9. The van der Waals surface area contributed by atoms with Crippen molar-refractivity contribution < 1.29 is 18.3 Å². The number of carbonyl (C=O) groups excluding carboxylic acids is 1. The van der Waals surface area contributed by atoms with Gasteiger partial charge in [-0.2, -0.15) is 18.2 Å². The van der Waals surface area contributed by atoms with Crippen molar-refractivity contribution in [2.24, 2.45) is 0 Å². The molecule has 1 aliphatic heterocycles. The second-order valence-electron chi connectivity index (χ2n) is 4.59. The Morgan fingerprint density at radius 2 is 2.19 bits per heavy atom. The first-order valence-corrected chi connectivity index (χ1v) is 7.53. The Morgan fingerprint density at radius 1 is 1.38 bits per heavy atom. The SMILES string of the molecule is O=CC1CN(c2ccc(-c3cn[nH]c3)cc2O)S(=O)(=O)N1. The molecule has 1 aliphatic rings. The molecule has 8 nitrogen and oxygen atoms in total. The quantitative estimate of drug-likeness (QED) is 0.691. The number of H-pyrrole nitrogens is 1. The molecule has 0 spiro atoms. The van der Waals surface area contributed by atoms with Crippen LogP contribution in [0, 0.1) is 0 Å². The number of aromatic amines is 1. The highest BCUT2D eigenvalue weighted by atomic mass is 32.2. The molecule has 2 aromatic rings. The third-order valence-electron chi connectivity index (χ3n) is 3.19. The molecule has 110 valence electrons. The maximum atomic E-state index is 11.9.